The molecule has 29 heavy (non-hydrogen) atoms. The Bertz CT molecular complexity index is 852. The van der Waals surface area contributed by atoms with Crippen LogP contribution in [0.5, 0.6) is 0 Å². The molecule has 8 nitrogen and oxygen atoms in total. The quantitative estimate of drug-likeness (QED) is 0.759. The molecule has 0 spiro atoms. The van der Waals surface area contributed by atoms with Crippen LogP contribution in [0.25, 0.3) is 0 Å². The normalized spacial score (nSPS) is 24.2. The van der Waals surface area contributed by atoms with E-state index in [-0.39, 0.29) is 35.9 Å². The highest BCUT2D eigenvalue weighted by molar-refractivity contribution is 6.40. The van der Waals surface area contributed by atoms with E-state index in [9.17, 15) is 18.8 Å². The molecule has 2 atom stereocenters. The zero-order valence-electron chi connectivity index (χ0n) is 16.0. The molecule has 1 saturated carbocycles. The molecule has 4 rings (SSSR count). The molecule has 0 aromatic heterocycles. The third kappa shape index (κ3) is 4.23. The van der Waals surface area contributed by atoms with Crippen molar-refractivity contribution in [1.82, 2.24) is 10.2 Å². The van der Waals surface area contributed by atoms with Crippen LogP contribution < -0.4 is 16.1 Å². The van der Waals surface area contributed by atoms with Gasteiger partial charge in [-0.05, 0) is 49.9 Å². The number of hydrogen-bond donors (Lipinski definition) is 2. The summed E-state index contributed by atoms with van der Waals surface area (Å²) in [7, 11) is 0. The van der Waals surface area contributed by atoms with Gasteiger partial charge < -0.3 is 16.0 Å². The maximum atomic E-state index is 13.2. The number of piperidine rings is 1. The molecular weight excluding hydrogens is 377 g/mol. The Morgan fingerprint density at radius 2 is 1.86 bits per heavy atom. The molecule has 3 N–H and O–H groups in total. The summed E-state index contributed by atoms with van der Waals surface area (Å²) in [4.78, 5) is 38.9. The SMILES string of the molecule is NC(=O)C1CC(C(=O)N2CCCC(C(=O)NC3CC3)C2)=NN1c1ccc(F)cc1. The van der Waals surface area contributed by atoms with Gasteiger partial charge in [0.25, 0.3) is 5.91 Å². The molecule has 1 aromatic carbocycles. The fourth-order valence-corrected chi connectivity index (χ4v) is 3.80. The Balaban J connectivity index is 1.48. The van der Waals surface area contributed by atoms with Crippen molar-refractivity contribution in [2.45, 2.75) is 44.2 Å². The monoisotopic (exact) mass is 401 g/mol. The first-order chi connectivity index (χ1) is 13.9. The predicted octanol–water partition coefficient (Wildman–Crippen LogP) is 0.763. The Kier molecular flexibility index (Phi) is 5.21. The van der Waals surface area contributed by atoms with Gasteiger partial charge >= 0.3 is 0 Å². The van der Waals surface area contributed by atoms with Gasteiger partial charge in [0.05, 0.1) is 11.6 Å². The van der Waals surface area contributed by atoms with Crippen molar-refractivity contribution in [3.63, 3.8) is 0 Å². The van der Waals surface area contributed by atoms with Crippen molar-refractivity contribution in [1.29, 1.82) is 0 Å². The summed E-state index contributed by atoms with van der Waals surface area (Å²) >= 11 is 0. The van der Waals surface area contributed by atoms with E-state index in [2.05, 4.69) is 10.4 Å². The highest BCUT2D eigenvalue weighted by Crippen LogP contribution is 2.27. The number of likely N-dealkylation sites (tertiary alicyclic amines) is 1. The van der Waals surface area contributed by atoms with Crippen LogP contribution in [0.4, 0.5) is 10.1 Å². The first-order valence-corrected chi connectivity index (χ1v) is 9.93. The number of anilines is 1. The summed E-state index contributed by atoms with van der Waals surface area (Å²) in [6.45, 7) is 0.886. The van der Waals surface area contributed by atoms with E-state index in [0.29, 0.717) is 18.8 Å². The summed E-state index contributed by atoms with van der Waals surface area (Å²) in [6, 6.07) is 4.97. The smallest absolute Gasteiger partial charge is 0.270 e. The largest absolute Gasteiger partial charge is 0.368 e. The fraction of sp³-hybridized carbons (Fsp3) is 0.500. The minimum atomic E-state index is -0.807. The number of amides is 3. The number of hydrogen-bond acceptors (Lipinski definition) is 5. The molecule has 2 heterocycles. The van der Waals surface area contributed by atoms with E-state index in [4.69, 9.17) is 5.73 Å². The summed E-state index contributed by atoms with van der Waals surface area (Å²) in [5.41, 5.74) is 6.21. The zero-order valence-corrected chi connectivity index (χ0v) is 16.0. The molecule has 2 aliphatic heterocycles. The van der Waals surface area contributed by atoms with Crippen LogP contribution in [0.2, 0.25) is 0 Å². The average molecular weight is 401 g/mol. The number of rotatable bonds is 5. The third-order valence-electron chi connectivity index (χ3n) is 5.58. The Morgan fingerprint density at radius 3 is 2.52 bits per heavy atom. The van der Waals surface area contributed by atoms with Gasteiger partial charge in [0, 0.05) is 25.6 Å². The van der Waals surface area contributed by atoms with Crippen LogP contribution in [-0.4, -0.2) is 53.5 Å². The zero-order chi connectivity index (χ0) is 20.5. The molecule has 1 saturated heterocycles. The number of carbonyl (C=O) groups is 3. The number of nitrogens with two attached hydrogens (primary N) is 1. The second-order valence-corrected chi connectivity index (χ2v) is 7.86. The molecular formula is C20H24FN5O3. The number of carbonyl (C=O) groups excluding carboxylic acids is 3. The first kappa shape index (κ1) is 19.4. The topological polar surface area (TPSA) is 108 Å². The maximum Gasteiger partial charge on any atom is 0.270 e. The Morgan fingerprint density at radius 1 is 1.14 bits per heavy atom. The summed E-state index contributed by atoms with van der Waals surface area (Å²) in [6.07, 6.45) is 3.61. The number of primary amides is 1. The molecule has 154 valence electrons. The van der Waals surface area contributed by atoms with Crippen LogP contribution in [-0.2, 0) is 14.4 Å². The lowest BCUT2D eigenvalue weighted by molar-refractivity contribution is -0.131. The number of nitrogens with one attached hydrogen (secondary N) is 1. The summed E-state index contributed by atoms with van der Waals surface area (Å²) in [5, 5.41) is 8.70. The lowest BCUT2D eigenvalue weighted by Crippen LogP contribution is -2.48. The second kappa shape index (κ2) is 7.81. The van der Waals surface area contributed by atoms with Gasteiger partial charge in [-0.1, -0.05) is 0 Å². The standard InChI is InChI=1S/C20H24FN5O3/c21-13-3-7-15(8-4-13)26-17(18(22)27)10-16(24-26)20(29)25-9-1-2-12(11-25)19(28)23-14-5-6-14/h3-4,7-8,12,14,17H,1-2,5-6,9-11H2,(H2,22,27)(H,23,28). The molecule has 3 aliphatic rings. The maximum absolute atomic E-state index is 13.2. The highest BCUT2D eigenvalue weighted by atomic mass is 19.1. The van der Waals surface area contributed by atoms with Crippen molar-refractivity contribution in [3.8, 4) is 0 Å². The lowest BCUT2D eigenvalue weighted by atomic mass is 9.96. The highest BCUT2D eigenvalue weighted by Gasteiger charge is 2.38. The molecule has 2 unspecified atom stereocenters. The number of nitrogens with zero attached hydrogens (tertiary/aromatic N) is 3. The summed E-state index contributed by atoms with van der Waals surface area (Å²) in [5.74, 6) is -1.53. The van der Waals surface area contributed by atoms with Crippen LogP contribution in [0.3, 0.4) is 0 Å². The van der Waals surface area contributed by atoms with E-state index in [0.717, 1.165) is 25.7 Å². The summed E-state index contributed by atoms with van der Waals surface area (Å²) < 4.78 is 13.2. The number of hydrazone groups is 1. The molecule has 9 heteroatoms. The van der Waals surface area contributed by atoms with Crippen molar-refractivity contribution in [2.24, 2.45) is 16.8 Å². The number of halogens is 1. The van der Waals surface area contributed by atoms with Gasteiger partial charge in [-0.2, -0.15) is 5.10 Å². The van der Waals surface area contributed by atoms with Crippen LogP contribution in [0.15, 0.2) is 29.4 Å². The second-order valence-electron chi connectivity index (χ2n) is 7.86. The van der Waals surface area contributed by atoms with Gasteiger partial charge in [0.2, 0.25) is 11.8 Å². The number of benzene rings is 1. The van der Waals surface area contributed by atoms with Crippen molar-refractivity contribution in [2.75, 3.05) is 18.1 Å². The van der Waals surface area contributed by atoms with Crippen molar-refractivity contribution < 1.29 is 18.8 Å². The van der Waals surface area contributed by atoms with E-state index >= 15 is 0 Å². The lowest BCUT2D eigenvalue weighted by Gasteiger charge is -2.32. The predicted molar refractivity (Wildman–Crippen MR) is 104 cm³/mol. The van der Waals surface area contributed by atoms with E-state index in [1.54, 1.807) is 4.90 Å². The van der Waals surface area contributed by atoms with Gasteiger partial charge in [0.15, 0.2) is 0 Å². The first-order valence-electron chi connectivity index (χ1n) is 9.93. The third-order valence-corrected chi connectivity index (χ3v) is 5.58. The molecule has 2 fully saturated rings. The minimum Gasteiger partial charge on any atom is -0.368 e. The fourth-order valence-electron chi connectivity index (χ4n) is 3.80. The van der Waals surface area contributed by atoms with E-state index in [1.807, 2.05) is 0 Å². The Labute approximate surface area is 167 Å². The van der Waals surface area contributed by atoms with Gasteiger partial charge in [-0.3, -0.25) is 19.4 Å². The van der Waals surface area contributed by atoms with E-state index < -0.39 is 17.8 Å². The molecule has 3 amide bonds. The van der Waals surface area contributed by atoms with Crippen LogP contribution in [0, 0.1) is 11.7 Å². The van der Waals surface area contributed by atoms with Crippen molar-refractivity contribution >= 4 is 29.1 Å². The van der Waals surface area contributed by atoms with Gasteiger partial charge in [0.1, 0.15) is 17.6 Å². The van der Waals surface area contributed by atoms with Gasteiger partial charge in [-0.15, -0.1) is 0 Å². The van der Waals surface area contributed by atoms with Crippen molar-refractivity contribution in [3.05, 3.63) is 30.1 Å². The minimum absolute atomic E-state index is 0.00121. The van der Waals surface area contributed by atoms with Crippen LogP contribution in [0.1, 0.15) is 32.1 Å². The molecule has 1 aliphatic carbocycles. The molecule has 0 radical (unpaired) electrons. The molecule has 1 aromatic rings. The van der Waals surface area contributed by atoms with E-state index in [1.165, 1.54) is 29.3 Å². The molecule has 0 bridgehead atoms. The average Bonchev–Trinajstić information content (AvgIpc) is 3.41. The van der Waals surface area contributed by atoms with Crippen LogP contribution >= 0.6 is 0 Å². The Hall–Kier alpha value is -2.97. The van der Waals surface area contributed by atoms with Gasteiger partial charge in [-0.25, -0.2) is 4.39 Å².